The number of thiazole rings is 1. The molecule has 0 spiro atoms. The highest BCUT2D eigenvalue weighted by molar-refractivity contribution is 7.15. The lowest BCUT2D eigenvalue weighted by Gasteiger charge is -2.10. The third-order valence-electron chi connectivity index (χ3n) is 3.16. The third-order valence-corrected chi connectivity index (χ3v) is 3.99. The minimum atomic E-state index is -0.153. The van der Waals surface area contributed by atoms with E-state index >= 15 is 0 Å². The van der Waals surface area contributed by atoms with Gasteiger partial charge in [0.05, 0.1) is 23.4 Å². The number of nitrogens with zero attached hydrogens (tertiary/aromatic N) is 1. The number of benzene rings is 1. The standard InChI is InChI=1S/C15H16N2O2S/c1-10-16-8-14(20-10)17-15(18)12-4-2-3-5-13(12)19-9-11-6-7-11/h2-5,8,11H,6-7,9H2,1H3,(H,17,18). The van der Waals surface area contributed by atoms with Crippen molar-refractivity contribution in [1.82, 2.24) is 4.98 Å². The van der Waals surface area contributed by atoms with E-state index in [9.17, 15) is 4.79 Å². The van der Waals surface area contributed by atoms with Gasteiger partial charge in [-0.05, 0) is 37.8 Å². The van der Waals surface area contributed by atoms with Crippen LogP contribution in [0.5, 0.6) is 5.75 Å². The summed E-state index contributed by atoms with van der Waals surface area (Å²) < 4.78 is 5.75. The summed E-state index contributed by atoms with van der Waals surface area (Å²) in [7, 11) is 0. The molecule has 1 heterocycles. The molecule has 1 aromatic heterocycles. The fraction of sp³-hybridized carbons (Fsp3) is 0.333. The molecule has 104 valence electrons. The van der Waals surface area contributed by atoms with Gasteiger partial charge in [-0.2, -0.15) is 0 Å². The van der Waals surface area contributed by atoms with Crippen LogP contribution in [-0.4, -0.2) is 17.5 Å². The van der Waals surface area contributed by atoms with E-state index in [-0.39, 0.29) is 5.91 Å². The molecule has 1 aliphatic rings. The Balaban J connectivity index is 1.72. The van der Waals surface area contributed by atoms with Crippen LogP contribution in [0.25, 0.3) is 0 Å². The molecule has 4 nitrogen and oxygen atoms in total. The van der Waals surface area contributed by atoms with Gasteiger partial charge in [0, 0.05) is 0 Å². The normalized spacial score (nSPS) is 14.1. The van der Waals surface area contributed by atoms with E-state index in [1.807, 2.05) is 25.1 Å². The number of aryl methyl sites for hydroxylation is 1. The van der Waals surface area contributed by atoms with Gasteiger partial charge in [0.25, 0.3) is 5.91 Å². The van der Waals surface area contributed by atoms with Crippen molar-refractivity contribution in [2.45, 2.75) is 19.8 Å². The number of rotatable bonds is 5. The molecule has 1 aromatic carbocycles. The summed E-state index contributed by atoms with van der Waals surface area (Å²) in [6.45, 7) is 2.61. The molecule has 1 fully saturated rings. The first kappa shape index (κ1) is 13.1. The van der Waals surface area contributed by atoms with Crippen LogP contribution in [0.15, 0.2) is 30.5 Å². The third kappa shape index (κ3) is 3.17. The number of ether oxygens (including phenoxy) is 1. The molecule has 0 aliphatic heterocycles. The van der Waals surface area contributed by atoms with Crippen LogP contribution < -0.4 is 10.1 Å². The molecule has 3 rings (SSSR count). The maximum atomic E-state index is 12.3. The quantitative estimate of drug-likeness (QED) is 0.916. The van der Waals surface area contributed by atoms with Gasteiger partial charge in [0.15, 0.2) is 0 Å². The van der Waals surface area contributed by atoms with Gasteiger partial charge < -0.3 is 10.1 Å². The maximum absolute atomic E-state index is 12.3. The highest BCUT2D eigenvalue weighted by Crippen LogP contribution is 2.30. The van der Waals surface area contributed by atoms with E-state index in [4.69, 9.17) is 4.74 Å². The largest absolute Gasteiger partial charge is 0.492 e. The van der Waals surface area contributed by atoms with Gasteiger partial charge in [-0.3, -0.25) is 4.79 Å². The molecule has 1 aliphatic carbocycles. The van der Waals surface area contributed by atoms with E-state index in [1.165, 1.54) is 24.2 Å². The molecule has 1 amide bonds. The van der Waals surface area contributed by atoms with Crippen molar-refractivity contribution >= 4 is 22.2 Å². The highest BCUT2D eigenvalue weighted by atomic mass is 32.1. The molecule has 0 radical (unpaired) electrons. The van der Waals surface area contributed by atoms with Gasteiger partial charge in [0.2, 0.25) is 0 Å². The minimum absolute atomic E-state index is 0.153. The van der Waals surface area contributed by atoms with Crippen LogP contribution in [0.2, 0.25) is 0 Å². The van der Waals surface area contributed by atoms with E-state index in [2.05, 4.69) is 10.3 Å². The smallest absolute Gasteiger partial charge is 0.260 e. The molecular weight excluding hydrogens is 272 g/mol. The second-order valence-electron chi connectivity index (χ2n) is 4.95. The molecule has 0 atom stereocenters. The van der Waals surface area contributed by atoms with Gasteiger partial charge >= 0.3 is 0 Å². The van der Waals surface area contributed by atoms with Gasteiger partial charge in [-0.25, -0.2) is 4.98 Å². The lowest BCUT2D eigenvalue weighted by molar-refractivity contribution is 0.102. The number of amides is 1. The predicted octanol–water partition coefficient (Wildman–Crippen LogP) is 3.49. The van der Waals surface area contributed by atoms with E-state index in [0.717, 1.165) is 10.0 Å². The highest BCUT2D eigenvalue weighted by Gasteiger charge is 2.23. The Bertz CT molecular complexity index is 620. The maximum Gasteiger partial charge on any atom is 0.260 e. The van der Waals surface area contributed by atoms with Crippen molar-refractivity contribution < 1.29 is 9.53 Å². The first-order chi connectivity index (χ1) is 9.72. The Morgan fingerprint density at radius 1 is 1.45 bits per heavy atom. The van der Waals surface area contributed by atoms with Gasteiger partial charge in [0.1, 0.15) is 10.8 Å². The molecule has 20 heavy (non-hydrogen) atoms. The first-order valence-corrected chi connectivity index (χ1v) is 7.49. The number of carbonyl (C=O) groups excluding carboxylic acids is 1. The zero-order valence-electron chi connectivity index (χ0n) is 11.3. The molecule has 5 heteroatoms. The number of para-hydroxylation sites is 1. The fourth-order valence-corrected chi connectivity index (χ4v) is 2.54. The summed E-state index contributed by atoms with van der Waals surface area (Å²) in [5.74, 6) is 1.16. The average molecular weight is 288 g/mol. The van der Waals surface area contributed by atoms with Crippen LogP contribution in [0.3, 0.4) is 0 Å². The van der Waals surface area contributed by atoms with Crippen molar-refractivity contribution in [3.05, 3.63) is 41.0 Å². The molecule has 0 saturated heterocycles. The van der Waals surface area contributed by atoms with Crippen molar-refractivity contribution in [3.8, 4) is 5.75 Å². The van der Waals surface area contributed by atoms with Crippen LogP contribution in [-0.2, 0) is 0 Å². The molecular formula is C15H16N2O2S. The molecule has 2 aromatic rings. The van der Waals surface area contributed by atoms with E-state index < -0.39 is 0 Å². The second-order valence-corrected chi connectivity index (χ2v) is 6.18. The summed E-state index contributed by atoms with van der Waals surface area (Å²) in [5.41, 5.74) is 0.569. The van der Waals surface area contributed by atoms with E-state index in [0.29, 0.717) is 23.8 Å². The van der Waals surface area contributed by atoms with Crippen LogP contribution in [0.4, 0.5) is 5.00 Å². The summed E-state index contributed by atoms with van der Waals surface area (Å²) in [6.07, 6.45) is 4.13. The lowest BCUT2D eigenvalue weighted by Crippen LogP contribution is -2.13. The number of hydrogen-bond donors (Lipinski definition) is 1. The number of aromatic nitrogens is 1. The average Bonchev–Trinajstić information content (AvgIpc) is 3.19. The van der Waals surface area contributed by atoms with Crippen molar-refractivity contribution in [2.75, 3.05) is 11.9 Å². The molecule has 0 unspecified atom stereocenters. The topological polar surface area (TPSA) is 51.2 Å². The Labute approximate surface area is 121 Å². The number of anilines is 1. The zero-order valence-corrected chi connectivity index (χ0v) is 12.1. The van der Waals surface area contributed by atoms with Crippen molar-refractivity contribution in [1.29, 1.82) is 0 Å². The molecule has 1 saturated carbocycles. The predicted molar refractivity (Wildman–Crippen MR) is 79.5 cm³/mol. The van der Waals surface area contributed by atoms with Crippen LogP contribution >= 0.6 is 11.3 Å². The minimum Gasteiger partial charge on any atom is -0.492 e. The van der Waals surface area contributed by atoms with Crippen LogP contribution in [0.1, 0.15) is 28.2 Å². The number of carbonyl (C=O) groups is 1. The van der Waals surface area contributed by atoms with Gasteiger partial charge in [-0.15, -0.1) is 11.3 Å². The zero-order chi connectivity index (χ0) is 13.9. The lowest BCUT2D eigenvalue weighted by atomic mass is 10.2. The molecule has 1 N–H and O–H groups in total. The monoisotopic (exact) mass is 288 g/mol. The Hall–Kier alpha value is -1.88. The van der Waals surface area contributed by atoms with Crippen molar-refractivity contribution in [2.24, 2.45) is 5.92 Å². The number of hydrogen-bond acceptors (Lipinski definition) is 4. The van der Waals surface area contributed by atoms with E-state index in [1.54, 1.807) is 12.3 Å². The Kier molecular flexibility index (Phi) is 3.69. The second kappa shape index (κ2) is 5.63. The summed E-state index contributed by atoms with van der Waals surface area (Å²) >= 11 is 1.46. The summed E-state index contributed by atoms with van der Waals surface area (Å²) in [4.78, 5) is 16.4. The summed E-state index contributed by atoms with van der Waals surface area (Å²) in [6, 6.07) is 7.35. The van der Waals surface area contributed by atoms with Crippen LogP contribution in [0, 0.1) is 12.8 Å². The molecule has 0 bridgehead atoms. The van der Waals surface area contributed by atoms with Gasteiger partial charge in [-0.1, -0.05) is 12.1 Å². The number of nitrogens with one attached hydrogen (secondary N) is 1. The Morgan fingerprint density at radius 2 is 2.25 bits per heavy atom. The fourth-order valence-electron chi connectivity index (χ4n) is 1.87. The SMILES string of the molecule is Cc1ncc(NC(=O)c2ccccc2OCC2CC2)s1. The first-order valence-electron chi connectivity index (χ1n) is 6.68. The van der Waals surface area contributed by atoms with Crippen molar-refractivity contribution in [3.63, 3.8) is 0 Å². The Morgan fingerprint density at radius 3 is 2.95 bits per heavy atom. The summed E-state index contributed by atoms with van der Waals surface area (Å²) in [5, 5.41) is 4.54.